The quantitative estimate of drug-likeness (QED) is 0.661. The lowest BCUT2D eigenvalue weighted by Crippen LogP contribution is -2.35. The number of imidazole rings is 1. The summed E-state index contributed by atoms with van der Waals surface area (Å²) in [6, 6.07) is 4.73. The van der Waals surface area contributed by atoms with Gasteiger partial charge in [-0.05, 0) is 33.3 Å². The second kappa shape index (κ2) is 6.81. The average molecular weight is 362 g/mol. The molecule has 0 saturated carbocycles. The Morgan fingerprint density at radius 2 is 2.23 bits per heavy atom. The number of carbonyl (C=O) groups is 1. The molecule has 3 rings (SSSR count). The van der Waals surface area contributed by atoms with Crippen molar-refractivity contribution in [3.05, 3.63) is 28.3 Å². The van der Waals surface area contributed by atoms with Crippen LogP contribution < -0.4 is 4.74 Å². The summed E-state index contributed by atoms with van der Waals surface area (Å²) < 4.78 is 11.1. The number of nitro benzene ring substituents is 1. The maximum atomic E-state index is 12.1. The van der Waals surface area contributed by atoms with Gasteiger partial charge >= 0.3 is 6.09 Å². The van der Waals surface area contributed by atoms with Gasteiger partial charge in [0.25, 0.3) is 11.7 Å². The van der Waals surface area contributed by atoms with Gasteiger partial charge in [-0.2, -0.15) is 4.98 Å². The largest absolute Gasteiger partial charge is 0.464 e. The summed E-state index contributed by atoms with van der Waals surface area (Å²) in [5.41, 5.74) is 0.641. The van der Waals surface area contributed by atoms with E-state index in [9.17, 15) is 14.9 Å². The van der Waals surface area contributed by atoms with E-state index in [1.807, 2.05) is 20.8 Å². The number of hydrogen-bond donors (Lipinski definition) is 1. The Hall–Kier alpha value is -2.84. The molecular formula is C17H22N4O5. The number of aromatic amines is 1. The van der Waals surface area contributed by atoms with Gasteiger partial charge in [-0.25, -0.2) is 4.79 Å². The number of aromatic nitrogens is 2. The van der Waals surface area contributed by atoms with Crippen molar-refractivity contribution in [3.63, 3.8) is 0 Å². The summed E-state index contributed by atoms with van der Waals surface area (Å²) in [5.74, 6) is 0.185. The second-order valence-electron chi connectivity index (χ2n) is 7.39. The van der Waals surface area contributed by atoms with Crippen molar-refractivity contribution in [2.75, 3.05) is 19.7 Å². The standard InChI is InChI=1S/C17H22N4O5/c1-17(2,3)26-16(22)20-7-6-11(9-20)10-25-15-18-13-5-4-12(21(23)24)8-14(13)19-15/h4-5,8,11H,6-7,9-10H2,1-3H3,(H,18,19)/t11-/m1/s1. The number of hydrogen-bond acceptors (Lipinski definition) is 6. The Balaban J connectivity index is 1.56. The van der Waals surface area contributed by atoms with E-state index < -0.39 is 10.5 Å². The Bertz CT molecular complexity index is 826. The summed E-state index contributed by atoms with van der Waals surface area (Å²) >= 11 is 0. The highest BCUT2D eigenvalue weighted by Crippen LogP contribution is 2.23. The highest BCUT2D eigenvalue weighted by molar-refractivity contribution is 5.78. The predicted octanol–water partition coefficient (Wildman–Crippen LogP) is 3.11. The fourth-order valence-electron chi connectivity index (χ4n) is 2.81. The van der Waals surface area contributed by atoms with Crippen molar-refractivity contribution < 1.29 is 19.2 Å². The first kappa shape index (κ1) is 18.0. The second-order valence-corrected chi connectivity index (χ2v) is 7.39. The molecule has 1 aliphatic rings. The van der Waals surface area contributed by atoms with E-state index in [1.165, 1.54) is 12.1 Å². The van der Waals surface area contributed by atoms with Crippen LogP contribution in [0.3, 0.4) is 0 Å². The molecule has 0 radical (unpaired) electrons. The van der Waals surface area contributed by atoms with Crippen LogP contribution in [-0.4, -0.2) is 51.2 Å². The van der Waals surface area contributed by atoms with Gasteiger partial charge in [0.2, 0.25) is 0 Å². The lowest BCUT2D eigenvalue weighted by molar-refractivity contribution is -0.384. The zero-order chi connectivity index (χ0) is 18.9. The smallest absolute Gasteiger partial charge is 0.410 e. The SMILES string of the molecule is CC(C)(C)OC(=O)N1CC[C@@H](COc2nc3ccc([N+](=O)[O-])cc3[nH]2)C1. The minimum Gasteiger partial charge on any atom is -0.464 e. The summed E-state index contributed by atoms with van der Waals surface area (Å²) in [7, 11) is 0. The highest BCUT2D eigenvalue weighted by Gasteiger charge is 2.30. The molecule has 1 aromatic heterocycles. The molecule has 1 atom stereocenters. The van der Waals surface area contributed by atoms with Crippen LogP contribution in [-0.2, 0) is 4.74 Å². The number of likely N-dealkylation sites (tertiary alicyclic amines) is 1. The Morgan fingerprint density at radius 3 is 2.92 bits per heavy atom. The normalized spacial score (nSPS) is 17.5. The number of amides is 1. The molecule has 26 heavy (non-hydrogen) atoms. The minimum absolute atomic E-state index is 0.00324. The zero-order valence-electron chi connectivity index (χ0n) is 15.0. The Morgan fingerprint density at radius 1 is 1.46 bits per heavy atom. The number of fused-ring (bicyclic) bond motifs is 1. The molecule has 0 aliphatic carbocycles. The molecule has 0 unspecified atom stereocenters. The first-order valence-electron chi connectivity index (χ1n) is 8.46. The molecule has 1 aliphatic heterocycles. The molecule has 2 heterocycles. The fourth-order valence-corrected chi connectivity index (χ4v) is 2.81. The molecular weight excluding hydrogens is 340 g/mol. The van der Waals surface area contributed by atoms with Crippen LogP contribution in [0.25, 0.3) is 11.0 Å². The van der Waals surface area contributed by atoms with Gasteiger partial charge in [-0.1, -0.05) is 0 Å². The number of nitro groups is 1. The van der Waals surface area contributed by atoms with Crippen molar-refractivity contribution in [1.82, 2.24) is 14.9 Å². The highest BCUT2D eigenvalue weighted by atomic mass is 16.6. The lowest BCUT2D eigenvalue weighted by atomic mass is 10.1. The molecule has 9 nitrogen and oxygen atoms in total. The predicted molar refractivity (Wildman–Crippen MR) is 94.2 cm³/mol. The number of H-pyrrole nitrogens is 1. The van der Waals surface area contributed by atoms with Crippen LogP contribution in [0.15, 0.2) is 18.2 Å². The van der Waals surface area contributed by atoms with Gasteiger partial charge in [0.05, 0.1) is 22.6 Å². The number of rotatable bonds is 4. The monoisotopic (exact) mass is 362 g/mol. The van der Waals surface area contributed by atoms with Gasteiger partial charge in [0.15, 0.2) is 0 Å². The molecule has 2 aromatic rings. The van der Waals surface area contributed by atoms with Crippen molar-refractivity contribution in [2.45, 2.75) is 32.8 Å². The van der Waals surface area contributed by atoms with E-state index in [2.05, 4.69) is 9.97 Å². The lowest BCUT2D eigenvalue weighted by Gasteiger charge is -2.24. The molecule has 1 fully saturated rings. The van der Waals surface area contributed by atoms with Crippen molar-refractivity contribution >= 4 is 22.8 Å². The maximum Gasteiger partial charge on any atom is 0.410 e. The number of nitrogens with zero attached hydrogens (tertiary/aromatic N) is 3. The zero-order valence-corrected chi connectivity index (χ0v) is 15.0. The van der Waals surface area contributed by atoms with E-state index in [0.717, 1.165) is 6.42 Å². The molecule has 1 N–H and O–H groups in total. The number of benzene rings is 1. The number of nitrogens with one attached hydrogen (secondary N) is 1. The Kier molecular flexibility index (Phi) is 4.71. The van der Waals surface area contributed by atoms with Crippen LogP contribution in [0.1, 0.15) is 27.2 Å². The molecule has 0 spiro atoms. The van der Waals surface area contributed by atoms with Crippen molar-refractivity contribution in [3.8, 4) is 6.01 Å². The van der Waals surface area contributed by atoms with Crippen LogP contribution in [0.4, 0.5) is 10.5 Å². The van der Waals surface area contributed by atoms with Crippen molar-refractivity contribution in [2.24, 2.45) is 5.92 Å². The summed E-state index contributed by atoms with van der Waals surface area (Å²) in [6.45, 7) is 7.13. The van der Waals surface area contributed by atoms with Gasteiger partial charge in [0, 0.05) is 31.1 Å². The number of ether oxygens (including phenoxy) is 2. The molecule has 1 aromatic carbocycles. The summed E-state index contributed by atoms with van der Waals surface area (Å²) in [6.07, 6.45) is 0.515. The van der Waals surface area contributed by atoms with Gasteiger partial charge in [-0.3, -0.25) is 10.1 Å². The van der Waals surface area contributed by atoms with Crippen molar-refractivity contribution in [1.29, 1.82) is 0 Å². The minimum atomic E-state index is -0.511. The van der Waals surface area contributed by atoms with Crippen LogP contribution in [0.2, 0.25) is 0 Å². The summed E-state index contributed by atoms with van der Waals surface area (Å²) in [4.78, 5) is 31.3. The molecule has 9 heteroatoms. The van der Waals surface area contributed by atoms with E-state index in [0.29, 0.717) is 36.7 Å². The van der Waals surface area contributed by atoms with Crippen LogP contribution >= 0.6 is 0 Å². The van der Waals surface area contributed by atoms with Gasteiger partial charge in [0.1, 0.15) is 5.60 Å². The molecule has 1 amide bonds. The Labute approximate surface area is 150 Å². The third-order valence-electron chi connectivity index (χ3n) is 4.05. The fraction of sp³-hybridized carbons (Fsp3) is 0.529. The third-order valence-corrected chi connectivity index (χ3v) is 4.05. The third kappa shape index (κ3) is 4.22. The molecule has 1 saturated heterocycles. The van der Waals surface area contributed by atoms with E-state index in [-0.39, 0.29) is 17.7 Å². The summed E-state index contributed by atoms with van der Waals surface area (Å²) in [5, 5.41) is 10.8. The van der Waals surface area contributed by atoms with E-state index in [1.54, 1.807) is 11.0 Å². The molecule has 0 bridgehead atoms. The first-order chi connectivity index (χ1) is 12.2. The van der Waals surface area contributed by atoms with Crippen LogP contribution in [0, 0.1) is 16.0 Å². The topological polar surface area (TPSA) is 111 Å². The average Bonchev–Trinajstić information content (AvgIpc) is 3.17. The van der Waals surface area contributed by atoms with Crippen LogP contribution in [0.5, 0.6) is 6.01 Å². The van der Waals surface area contributed by atoms with E-state index >= 15 is 0 Å². The molecule has 140 valence electrons. The van der Waals surface area contributed by atoms with Gasteiger partial charge < -0.3 is 19.4 Å². The number of non-ortho nitro benzene ring substituents is 1. The van der Waals surface area contributed by atoms with E-state index in [4.69, 9.17) is 9.47 Å². The first-order valence-corrected chi connectivity index (χ1v) is 8.46. The number of carbonyl (C=O) groups excluding carboxylic acids is 1. The maximum absolute atomic E-state index is 12.1. The van der Waals surface area contributed by atoms with Gasteiger partial charge in [-0.15, -0.1) is 0 Å².